The number of nitrogens with one attached hydrogen (secondary N) is 1. The Morgan fingerprint density at radius 1 is 1.05 bits per heavy atom. The number of aliphatic hydroxyl groups is 1. The lowest BCUT2D eigenvalue weighted by molar-refractivity contribution is -0.376. The lowest BCUT2D eigenvalue weighted by Crippen LogP contribution is -2.67. The Kier molecular flexibility index (Phi) is 8.03. The molecule has 19 heteroatoms. The van der Waals surface area contributed by atoms with Gasteiger partial charge in [-0.1, -0.05) is 0 Å². The van der Waals surface area contributed by atoms with Crippen LogP contribution in [0.1, 0.15) is 19.4 Å². The second-order valence-electron chi connectivity index (χ2n) is 9.32. The normalized spacial score (nSPS) is 21.7. The van der Waals surface area contributed by atoms with Crippen molar-refractivity contribution in [2.75, 3.05) is 44.2 Å². The van der Waals surface area contributed by atoms with Crippen molar-refractivity contribution in [2.45, 2.75) is 49.6 Å². The number of piperazine rings is 2. The zero-order valence-corrected chi connectivity index (χ0v) is 20.3. The summed E-state index contributed by atoms with van der Waals surface area (Å²) in [6, 6.07) is -0.593. The average Bonchev–Trinajstić information content (AvgIpc) is 2.82. The maximum Gasteiger partial charge on any atom is 0.493 e. The topological polar surface area (TPSA) is 111 Å². The van der Waals surface area contributed by atoms with Gasteiger partial charge in [0, 0.05) is 50.7 Å². The maximum absolute atomic E-state index is 13.2. The summed E-state index contributed by atoms with van der Waals surface area (Å²) < 4.78 is 117. The molecule has 1 amide bonds. The van der Waals surface area contributed by atoms with Crippen molar-refractivity contribution in [3.8, 4) is 0 Å². The second-order valence-corrected chi connectivity index (χ2v) is 9.32. The Morgan fingerprint density at radius 3 is 2.13 bits per heavy atom. The highest BCUT2D eigenvalue weighted by Gasteiger charge is 2.71. The largest absolute Gasteiger partial charge is 0.493 e. The predicted molar refractivity (Wildman–Crippen MR) is 112 cm³/mol. The Bertz CT molecular complexity index is 1050. The number of carbonyl (C=O) groups is 2. The minimum absolute atomic E-state index is 0.0347. The number of nitrogens with zero attached hydrogens (tertiary/aromatic N) is 5. The van der Waals surface area contributed by atoms with E-state index in [1.165, 1.54) is 18.7 Å². The first kappa shape index (κ1) is 30.6. The van der Waals surface area contributed by atoms with Gasteiger partial charge in [0.1, 0.15) is 0 Å². The van der Waals surface area contributed by atoms with Crippen LogP contribution in [0, 0.1) is 0 Å². The molecule has 220 valence electrons. The van der Waals surface area contributed by atoms with Crippen LogP contribution in [0.25, 0.3) is 0 Å². The Hall–Kier alpha value is -2.93. The molecule has 39 heavy (non-hydrogen) atoms. The SMILES string of the molecule is CC1(C)C(=O)N(OC(=O)C(F)(F)F)CCN1C[C@H]1CNCCN1c1ncc(C(O)(C(F)(F)F)C(F)(F)F)cn1. The van der Waals surface area contributed by atoms with E-state index in [1.54, 1.807) is 4.90 Å². The minimum Gasteiger partial charge on any atom is -0.369 e. The molecule has 0 radical (unpaired) electrons. The number of halogens is 9. The number of anilines is 1. The van der Waals surface area contributed by atoms with E-state index in [4.69, 9.17) is 0 Å². The summed E-state index contributed by atoms with van der Waals surface area (Å²) >= 11 is 0. The highest BCUT2D eigenvalue weighted by Crippen LogP contribution is 2.49. The van der Waals surface area contributed by atoms with Crippen molar-refractivity contribution in [3.05, 3.63) is 18.0 Å². The van der Waals surface area contributed by atoms with Crippen molar-refractivity contribution in [3.63, 3.8) is 0 Å². The number of carbonyl (C=O) groups excluding carboxylic acids is 2. The van der Waals surface area contributed by atoms with Crippen LogP contribution in [0.4, 0.5) is 45.5 Å². The van der Waals surface area contributed by atoms with E-state index in [1.807, 2.05) is 0 Å². The van der Waals surface area contributed by atoms with Gasteiger partial charge in [0.15, 0.2) is 0 Å². The molecular formula is C20H23F9N6O4. The Labute approximate surface area is 214 Å². The summed E-state index contributed by atoms with van der Waals surface area (Å²) in [4.78, 5) is 38.4. The van der Waals surface area contributed by atoms with E-state index in [9.17, 15) is 54.2 Å². The van der Waals surface area contributed by atoms with Crippen LogP contribution in [0.15, 0.2) is 12.4 Å². The van der Waals surface area contributed by atoms with Crippen LogP contribution in [-0.4, -0.2) is 106 Å². The first-order chi connectivity index (χ1) is 17.7. The molecule has 3 rings (SSSR count). The number of hydrogen-bond donors (Lipinski definition) is 2. The molecule has 2 saturated heterocycles. The number of rotatable bonds is 5. The van der Waals surface area contributed by atoms with Crippen LogP contribution in [0.3, 0.4) is 0 Å². The quantitative estimate of drug-likeness (QED) is 0.500. The lowest BCUT2D eigenvalue weighted by atomic mass is 9.95. The third-order valence-electron chi connectivity index (χ3n) is 6.45. The fourth-order valence-electron chi connectivity index (χ4n) is 4.18. The molecule has 0 saturated carbocycles. The van der Waals surface area contributed by atoms with E-state index in [0.717, 1.165) is 0 Å². The Balaban J connectivity index is 1.79. The molecule has 0 spiro atoms. The molecule has 1 atom stereocenters. The fraction of sp³-hybridized carbons (Fsp3) is 0.700. The van der Waals surface area contributed by atoms with Gasteiger partial charge in [0.25, 0.3) is 11.5 Å². The third-order valence-corrected chi connectivity index (χ3v) is 6.45. The molecule has 1 aromatic rings. The number of amides is 1. The molecule has 2 aliphatic heterocycles. The predicted octanol–water partition coefficient (Wildman–Crippen LogP) is 1.51. The van der Waals surface area contributed by atoms with Gasteiger partial charge < -0.3 is 20.2 Å². The number of hydroxylamine groups is 2. The smallest absolute Gasteiger partial charge is 0.369 e. The molecule has 0 bridgehead atoms. The van der Waals surface area contributed by atoms with Crippen molar-refractivity contribution in [2.24, 2.45) is 0 Å². The number of aromatic nitrogens is 2. The van der Waals surface area contributed by atoms with Gasteiger partial charge in [0.05, 0.1) is 18.1 Å². The summed E-state index contributed by atoms with van der Waals surface area (Å²) in [5.41, 5.74) is -8.29. The van der Waals surface area contributed by atoms with Crippen molar-refractivity contribution in [1.82, 2.24) is 25.2 Å². The highest BCUT2D eigenvalue weighted by molar-refractivity contribution is 5.87. The number of alkyl halides is 9. The van der Waals surface area contributed by atoms with Crippen molar-refractivity contribution >= 4 is 17.8 Å². The molecule has 0 unspecified atom stereocenters. The lowest BCUT2D eigenvalue weighted by Gasteiger charge is -2.47. The molecule has 3 heterocycles. The van der Waals surface area contributed by atoms with E-state index < -0.39 is 59.7 Å². The summed E-state index contributed by atoms with van der Waals surface area (Å²) in [5, 5.41) is 12.9. The van der Waals surface area contributed by atoms with E-state index >= 15 is 0 Å². The van der Waals surface area contributed by atoms with Gasteiger partial charge in [0.2, 0.25) is 5.95 Å². The molecule has 0 aliphatic carbocycles. The fourth-order valence-corrected chi connectivity index (χ4v) is 4.18. The van der Waals surface area contributed by atoms with Gasteiger partial charge in [-0.05, 0) is 13.8 Å². The maximum atomic E-state index is 13.2. The molecule has 2 aliphatic rings. The summed E-state index contributed by atoms with van der Waals surface area (Å²) in [6.45, 7) is 3.06. The summed E-state index contributed by atoms with van der Waals surface area (Å²) in [7, 11) is 0. The zero-order chi connectivity index (χ0) is 29.6. The molecule has 10 nitrogen and oxygen atoms in total. The second kappa shape index (κ2) is 10.2. The average molecular weight is 582 g/mol. The van der Waals surface area contributed by atoms with E-state index in [0.29, 0.717) is 11.6 Å². The van der Waals surface area contributed by atoms with Gasteiger partial charge in [-0.25, -0.2) is 14.8 Å². The monoisotopic (exact) mass is 582 g/mol. The van der Waals surface area contributed by atoms with E-state index in [2.05, 4.69) is 20.1 Å². The first-order valence-electron chi connectivity index (χ1n) is 11.2. The van der Waals surface area contributed by atoms with Gasteiger partial charge >= 0.3 is 24.5 Å². The summed E-state index contributed by atoms with van der Waals surface area (Å²) in [6.07, 6.45) is -17.1. The van der Waals surface area contributed by atoms with Crippen LogP contribution >= 0.6 is 0 Å². The minimum atomic E-state index is -6.11. The van der Waals surface area contributed by atoms with Crippen LogP contribution in [0.2, 0.25) is 0 Å². The summed E-state index contributed by atoms with van der Waals surface area (Å²) in [5.74, 6) is -3.76. The van der Waals surface area contributed by atoms with Crippen molar-refractivity contribution < 1.29 is 59.0 Å². The zero-order valence-electron chi connectivity index (χ0n) is 20.3. The van der Waals surface area contributed by atoms with Gasteiger partial charge in [-0.3, -0.25) is 9.69 Å². The third kappa shape index (κ3) is 5.84. The highest BCUT2D eigenvalue weighted by atomic mass is 19.4. The van der Waals surface area contributed by atoms with Crippen LogP contribution < -0.4 is 10.2 Å². The van der Waals surface area contributed by atoms with Gasteiger partial charge in [-0.15, -0.1) is 0 Å². The van der Waals surface area contributed by atoms with Gasteiger partial charge in [-0.2, -0.15) is 44.6 Å². The van der Waals surface area contributed by atoms with Crippen LogP contribution in [-0.2, 0) is 20.0 Å². The molecule has 1 aromatic heterocycles. The molecule has 2 fully saturated rings. The molecule has 2 N–H and O–H groups in total. The number of hydrogen-bond acceptors (Lipinski definition) is 9. The van der Waals surface area contributed by atoms with Crippen molar-refractivity contribution in [1.29, 1.82) is 0 Å². The first-order valence-corrected chi connectivity index (χ1v) is 11.2. The molecule has 0 aromatic carbocycles. The molecular weight excluding hydrogens is 559 g/mol. The van der Waals surface area contributed by atoms with Crippen LogP contribution in [0.5, 0.6) is 0 Å². The standard InChI is InChI=1S/C20H23F9N6O4/c1-16(2)13(36)35(39-14(37)18(21,22)23)6-5-33(16)10-12-9-30-3-4-34(12)15-31-7-11(8-32-15)17(38,19(24,25)26)20(27,28)29/h7-8,12,30,38H,3-6,9-10H2,1-2H3/t12-/m1/s1. The van der Waals surface area contributed by atoms with E-state index in [-0.39, 0.29) is 44.5 Å². The Morgan fingerprint density at radius 2 is 1.62 bits per heavy atom.